The van der Waals surface area contributed by atoms with Gasteiger partial charge in [-0.3, -0.25) is 4.79 Å². The van der Waals surface area contributed by atoms with Crippen LogP contribution >= 0.6 is 0 Å². The quantitative estimate of drug-likeness (QED) is 0.848. The van der Waals surface area contributed by atoms with Crippen LogP contribution in [0.3, 0.4) is 0 Å². The molecule has 1 amide bonds. The van der Waals surface area contributed by atoms with Crippen LogP contribution in [0.4, 0.5) is 5.95 Å². The standard InChI is InChI=1S/C13H17N5O/c1-9-7-12(8-14)17-13(15-9)18-5-3-11(4-6-18)16-10(2)19/h7,11H,3-6H2,1-2H3,(H,16,19). The first-order valence-electron chi connectivity index (χ1n) is 6.36. The van der Waals surface area contributed by atoms with Crippen molar-refractivity contribution in [3.63, 3.8) is 0 Å². The average Bonchev–Trinajstić information content (AvgIpc) is 2.38. The Balaban J connectivity index is 2.03. The molecule has 0 saturated carbocycles. The number of piperidine rings is 1. The van der Waals surface area contributed by atoms with Crippen molar-refractivity contribution in [3.8, 4) is 6.07 Å². The fraction of sp³-hybridized carbons (Fsp3) is 0.538. The molecular formula is C13H17N5O. The molecule has 0 radical (unpaired) electrons. The highest BCUT2D eigenvalue weighted by molar-refractivity contribution is 5.73. The number of carbonyl (C=O) groups is 1. The van der Waals surface area contributed by atoms with Crippen LogP contribution in [0.1, 0.15) is 31.2 Å². The number of anilines is 1. The van der Waals surface area contributed by atoms with Gasteiger partial charge in [0.05, 0.1) is 0 Å². The van der Waals surface area contributed by atoms with E-state index in [1.54, 1.807) is 6.07 Å². The highest BCUT2D eigenvalue weighted by Gasteiger charge is 2.21. The van der Waals surface area contributed by atoms with E-state index >= 15 is 0 Å². The van der Waals surface area contributed by atoms with E-state index in [0.717, 1.165) is 31.6 Å². The van der Waals surface area contributed by atoms with E-state index in [0.29, 0.717) is 11.6 Å². The predicted molar refractivity (Wildman–Crippen MR) is 70.5 cm³/mol. The lowest BCUT2D eigenvalue weighted by atomic mass is 10.1. The molecule has 19 heavy (non-hydrogen) atoms. The second-order valence-electron chi connectivity index (χ2n) is 4.77. The van der Waals surface area contributed by atoms with Crippen molar-refractivity contribution in [2.45, 2.75) is 32.7 Å². The van der Waals surface area contributed by atoms with Gasteiger partial charge in [0.25, 0.3) is 0 Å². The Hall–Kier alpha value is -2.16. The van der Waals surface area contributed by atoms with Gasteiger partial charge >= 0.3 is 0 Å². The van der Waals surface area contributed by atoms with Crippen molar-refractivity contribution in [3.05, 3.63) is 17.5 Å². The lowest BCUT2D eigenvalue weighted by Gasteiger charge is -2.32. The smallest absolute Gasteiger partial charge is 0.226 e. The first-order valence-corrected chi connectivity index (χ1v) is 6.36. The first kappa shape index (κ1) is 13.3. The molecule has 6 heteroatoms. The molecule has 1 saturated heterocycles. The molecule has 1 aromatic heterocycles. The Morgan fingerprint density at radius 2 is 2.16 bits per heavy atom. The molecular weight excluding hydrogens is 242 g/mol. The van der Waals surface area contributed by atoms with E-state index in [9.17, 15) is 4.79 Å². The molecule has 2 rings (SSSR count). The van der Waals surface area contributed by atoms with Gasteiger partial charge in [0.2, 0.25) is 11.9 Å². The van der Waals surface area contributed by atoms with Crippen LogP contribution in [0.5, 0.6) is 0 Å². The Labute approximate surface area is 112 Å². The summed E-state index contributed by atoms with van der Waals surface area (Å²) < 4.78 is 0. The topological polar surface area (TPSA) is 81.9 Å². The third-order valence-corrected chi connectivity index (χ3v) is 3.14. The van der Waals surface area contributed by atoms with Crippen molar-refractivity contribution in [1.29, 1.82) is 5.26 Å². The number of hydrogen-bond acceptors (Lipinski definition) is 5. The number of aromatic nitrogens is 2. The Bertz CT molecular complexity index is 514. The third-order valence-electron chi connectivity index (χ3n) is 3.14. The number of carbonyl (C=O) groups excluding carboxylic acids is 1. The monoisotopic (exact) mass is 259 g/mol. The highest BCUT2D eigenvalue weighted by Crippen LogP contribution is 2.17. The molecule has 1 aromatic rings. The molecule has 1 aliphatic rings. The van der Waals surface area contributed by atoms with Gasteiger partial charge in [-0.05, 0) is 25.8 Å². The van der Waals surface area contributed by atoms with Crippen LogP contribution in [0, 0.1) is 18.3 Å². The molecule has 0 spiro atoms. The molecule has 0 unspecified atom stereocenters. The zero-order valence-corrected chi connectivity index (χ0v) is 11.2. The fourth-order valence-electron chi connectivity index (χ4n) is 2.26. The largest absolute Gasteiger partial charge is 0.353 e. The molecule has 0 aliphatic carbocycles. The van der Waals surface area contributed by atoms with Gasteiger partial charge in [0.15, 0.2) is 0 Å². The SMILES string of the molecule is CC(=O)NC1CCN(c2nc(C)cc(C#N)n2)CC1. The van der Waals surface area contributed by atoms with Crippen molar-refractivity contribution >= 4 is 11.9 Å². The number of nitriles is 1. The van der Waals surface area contributed by atoms with Crippen LogP contribution in [0.25, 0.3) is 0 Å². The number of aryl methyl sites for hydroxylation is 1. The first-order chi connectivity index (χ1) is 9.08. The Morgan fingerprint density at radius 1 is 1.47 bits per heavy atom. The molecule has 1 aliphatic heterocycles. The molecule has 2 heterocycles. The summed E-state index contributed by atoms with van der Waals surface area (Å²) in [5.74, 6) is 0.620. The molecule has 0 bridgehead atoms. The normalized spacial score (nSPS) is 15.9. The van der Waals surface area contributed by atoms with Gasteiger partial charge < -0.3 is 10.2 Å². The minimum atomic E-state index is 0.0111. The second kappa shape index (κ2) is 5.65. The summed E-state index contributed by atoms with van der Waals surface area (Å²) in [4.78, 5) is 21.7. The summed E-state index contributed by atoms with van der Waals surface area (Å²) in [6, 6.07) is 3.95. The lowest BCUT2D eigenvalue weighted by Crippen LogP contribution is -2.44. The molecule has 1 N–H and O–H groups in total. The zero-order chi connectivity index (χ0) is 13.8. The summed E-state index contributed by atoms with van der Waals surface area (Å²) in [5.41, 5.74) is 1.19. The fourth-order valence-corrected chi connectivity index (χ4v) is 2.26. The maximum absolute atomic E-state index is 11.0. The van der Waals surface area contributed by atoms with E-state index in [4.69, 9.17) is 5.26 Å². The van der Waals surface area contributed by atoms with Gasteiger partial charge in [-0.1, -0.05) is 0 Å². The number of rotatable bonds is 2. The van der Waals surface area contributed by atoms with Crippen molar-refractivity contribution < 1.29 is 4.79 Å². The summed E-state index contributed by atoms with van der Waals surface area (Å²) in [6.45, 7) is 4.98. The Morgan fingerprint density at radius 3 is 2.74 bits per heavy atom. The van der Waals surface area contributed by atoms with E-state index < -0.39 is 0 Å². The van der Waals surface area contributed by atoms with E-state index in [2.05, 4.69) is 20.2 Å². The number of amides is 1. The predicted octanol–water partition coefficient (Wildman–Crippen LogP) is 0.762. The number of nitrogens with zero attached hydrogens (tertiary/aromatic N) is 4. The molecule has 0 atom stereocenters. The summed E-state index contributed by atoms with van der Waals surface area (Å²) in [6.07, 6.45) is 1.75. The second-order valence-corrected chi connectivity index (χ2v) is 4.77. The van der Waals surface area contributed by atoms with Gasteiger partial charge in [-0.25, -0.2) is 9.97 Å². The van der Waals surface area contributed by atoms with Gasteiger partial charge in [-0.2, -0.15) is 5.26 Å². The summed E-state index contributed by atoms with van der Waals surface area (Å²) in [5, 5.41) is 11.8. The molecule has 100 valence electrons. The van der Waals surface area contributed by atoms with Gasteiger partial charge in [0, 0.05) is 31.7 Å². The van der Waals surface area contributed by atoms with Crippen LogP contribution < -0.4 is 10.2 Å². The summed E-state index contributed by atoms with van der Waals surface area (Å²) >= 11 is 0. The van der Waals surface area contributed by atoms with Crippen LogP contribution in [-0.2, 0) is 4.79 Å². The van der Waals surface area contributed by atoms with Crippen molar-refractivity contribution in [2.24, 2.45) is 0 Å². The maximum atomic E-state index is 11.0. The zero-order valence-electron chi connectivity index (χ0n) is 11.2. The van der Waals surface area contributed by atoms with Crippen molar-refractivity contribution in [2.75, 3.05) is 18.0 Å². The van der Waals surface area contributed by atoms with Gasteiger partial charge in [-0.15, -0.1) is 0 Å². The van der Waals surface area contributed by atoms with E-state index in [-0.39, 0.29) is 11.9 Å². The van der Waals surface area contributed by atoms with Gasteiger partial charge in [0.1, 0.15) is 11.8 Å². The average molecular weight is 259 g/mol. The number of nitrogens with one attached hydrogen (secondary N) is 1. The number of hydrogen-bond donors (Lipinski definition) is 1. The summed E-state index contributed by atoms with van der Waals surface area (Å²) in [7, 11) is 0. The molecule has 6 nitrogen and oxygen atoms in total. The lowest BCUT2D eigenvalue weighted by molar-refractivity contribution is -0.119. The molecule has 1 fully saturated rings. The minimum Gasteiger partial charge on any atom is -0.353 e. The van der Waals surface area contributed by atoms with E-state index in [1.165, 1.54) is 6.92 Å². The van der Waals surface area contributed by atoms with Crippen LogP contribution in [-0.4, -0.2) is 35.0 Å². The molecule has 0 aromatic carbocycles. The maximum Gasteiger partial charge on any atom is 0.226 e. The highest BCUT2D eigenvalue weighted by atomic mass is 16.1. The minimum absolute atomic E-state index is 0.0111. The van der Waals surface area contributed by atoms with Crippen LogP contribution in [0.15, 0.2) is 6.07 Å². The Kier molecular flexibility index (Phi) is 3.95. The third kappa shape index (κ3) is 3.41. The van der Waals surface area contributed by atoms with E-state index in [1.807, 2.05) is 13.0 Å². The van der Waals surface area contributed by atoms with Crippen molar-refractivity contribution in [1.82, 2.24) is 15.3 Å². The van der Waals surface area contributed by atoms with Crippen LogP contribution in [0.2, 0.25) is 0 Å².